The van der Waals surface area contributed by atoms with Gasteiger partial charge in [-0.1, -0.05) is 45.1 Å². The smallest absolute Gasteiger partial charge is 1.00 e. The molecule has 0 N–H and O–H groups in total. The maximum absolute atomic E-state index is 4.04. The van der Waals surface area contributed by atoms with E-state index in [1.807, 2.05) is 12.4 Å². The Kier molecular flexibility index (Phi) is 15.9. The molecule has 0 fully saturated rings. The number of nitrogens with zero attached hydrogens (tertiary/aromatic N) is 2. The van der Waals surface area contributed by atoms with Crippen LogP contribution in [0.15, 0.2) is 48.1 Å². The van der Waals surface area contributed by atoms with Gasteiger partial charge < -0.3 is 24.8 Å². The van der Waals surface area contributed by atoms with Gasteiger partial charge in [0.15, 0.2) is 0 Å². The average molecular weight is 441 g/mol. The van der Waals surface area contributed by atoms with Crippen molar-refractivity contribution in [1.82, 2.24) is 9.97 Å². The molecule has 2 nitrogen and oxygen atoms in total. The summed E-state index contributed by atoms with van der Waals surface area (Å²) in [6, 6.07) is 0. The largest absolute Gasteiger partial charge is 4.00 e. The first-order valence-electron chi connectivity index (χ1n) is 7.61. The topological polar surface area (TPSA) is 25.8 Å². The maximum atomic E-state index is 4.04. The number of unbranched alkanes of at least 4 members (excludes halogenated alkanes) is 1. The van der Waals surface area contributed by atoms with Gasteiger partial charge in [-0.25, -0.2) is 11.6 Å². The van der Waals surface area contributed by atoms with Gasteiger partial charge in [-0.05, 0) is 12.4 Å². The predicted molar refractivity (Wildman–Crippen MR) is 87.1 cm³/mol. The molecule has 126 valence electrons. The zero-order chi connectivity index (χ0) is 14.9. The van der Waals surface area contributed by atoms with Crippen LogP contribution in [0.5, 0.6) is 0 Å². The SMILES string of the molecule is CC1=[C-]CC=C1.CCCCC1=CC[C-]=C1c1cncnc1.[Cl-].[Cl-].[Zr+4]. The Labute approximate surface area is 177 Å². The normalized spacial score (nSPS) is 14.0. The van der Waals surface area contributed by atoms with Crippen LogP contribution in [0.25, 0.3) is 5.57 Å². The minimum atomic E-state index is 0. The Hall–Kier alpha value is -0.497. The van der Waals surface area contributed by atoms with Crippen LogP contribution in [-0.4, -0.2) is 9.97 Å². The number of aromatic nitrogens is 2. The molecule has 2 aliphatic carbocycles. The number of hydrogen-bond donors (Lipinski definition) is 0. The number of halogens is 2. The standard InChI is InChI=1S/C13H15N2.C6H7.2ClH.Zr/c1-2-3-5-11-6-4-7-13(11)12-8-14-10-15-9-12;1-6-4-2-3-5-6;;;/h6,8-10H,2-5H2,1H3;2,4H,3H2,1H3;2*1H;/q2*-1;;;+4/p-2. The van der Waals surface area contributed by atoms with E-state index < -0.39 is 0 Å². The van der Waals surface area contributed by atoms with Crippen LogP contribution in [0.4, 0.5) is 0 Å². The summed E-state index contributed by atoms with van der Waals surface area (Å²) in [5, 5.41) is 0. The number of rotatable bonds is 4. The van der Waals surface area contributed by atoms with E-state index in [1.165, 1.54) is 29.6 Å². The fraction of sp³-hybridized carbons (Fsp3) is 0.368. The predicted octanol–water partition coefficient (Wildman–Crippen LogP) is -1.12. The summed E-state index contributed by atoms with van der Waals surface area (Å²) >= 11 is 0. The summed E-state index contributed by atoms with van der Waals surface area (Å²) in [6.07, 6.45) is 23.8. The van der Waals surface area contributed by atoms with E-state index in [9.17, 15) is 0 Å². The van der Waals surface area contributed by atoms with Crippen LogP contribution < -0.4 is 24.8 Å². The summed E-state index contributed by atoms with van der Waals surface area (Å²) in [7, 11) is 0. The van der Waals surface area contributed by atoms with Crippen molar-refractivity contribution in [2.24, 2.45) is 0 Å². The fourth-order valence-electron chi connectivity index (χ4n) is 2.32. The van der Waals surface area contributed by atoms with Gasteiger partial charge in [0, 0.05) is 0 Å². The second-order valence-electron chi connectivity index (χ2n) is 5.18. The Bertz CT molecular complexity index is 576. The molecule has 0 amide bonds. The molecule has 3 rings (SSSR count). The molecule has 1 heterocycles. The summed E-state index contributed by atoms with van der Waals surface area (Å²) in [5.74, 6) is 0. The van der Waals surface area contributed by atoms with Gasteiger partial charge in [0.2, 0.25) is 0 Å². The van der Waals surface area contributed by atoms with Crippen molar-refractivity contribution < 1.29 is 51.0 Å². The molecule has 1 aromatic rings. The van der Waals surface area contributed by atoms with Gasteiger partial charge in [0.05, 0.1) is 0 Å². The third-order valence-corrected chi connectivity index (χ3v) is 3.46. The molecule has 0 atom stereocenters. The molecule has 2 aliphatic rings. The Balaban J connectivity index is 0. The monoisotopic (exact) mass is 438 g/mol. The van der Waals surface area contributed by atoms with Crippen molar-refractivity contribution in [2.45, 2.75) is 46.0 Å². The summed E-state index contributed by atoms with van der Waals surface area (Å²) in [5.41, 5.74) is 4.99. The van der Waals surface area contributed by atoms with Crippen molar-refractivity contribution in [3.05, 3.63) is 65.8 Å². The molecule has 5 heteroatoms. The minimum Gasteiger partial charge on any atom is -1.00 e. The van der Waals surface area contributed by atoms with Gasteiger partial charge in [-0.15, -0.1) is 12.5 Å². The van der Waals surface area contributed by atoms with E-state index in [4.69, 9.17) is 0 Å². The van der Waals surface area contributed by atoms with E-state index in [0.717, 1.165) is 24.8 Å². The molecule has 0 unspecified atom stereocenters. The van der Waals surface area contributed by atoms with E-state index >= 15 is 0 Å². The molecule has 0 bridgehead atoms. The second-order valence-corrected chi connectivity index (χ2v) is 5.18. The molecule has 0 aromatic carbocycles. The van der Waals surface area contributed by atoms with Crippen LogP contribution in [0.3, 0.4) is 0 Å². The molecule has 24 heavy (non-hydrogen) atoms. The van der Waals surface area contributed by atoms with Gasteiger partial charge >= 0.3 is 26.2 Å². The van der Waals surface area contributed by atoms with Crippen LogP contribution in [0.1, 0.15) is 51.5 Å². The van der Waals surface area contributed by atoms with Gasteiger partial charge in [-0.3, -0.25) is 16.0 Å². The third kappa shape index (κ3) is 8.56. The van der Waals surface area contributed by atoms with Crippen molar-refractivity contribution in [2.75, 3.05) is 0 Å². The first kappa shape index (κ1) is 25.7. The zero-order valence-electron chi connectivity index (χ0n) is 14.1. The molecular formula is C19H22Cl2N2Zr. The Morgan fingerprint density at radius 2 is 1.79 bits per heavy atom. The molecule has 0 aliphatic heterocycles. The maximum Gasteiger partial charge on any atom is 4.00 e. The summed E-state index contributed by atoms with van der Waals surface area (Å²) < 4.78 is 0. The van der Waals surface area contributed by atoms with Gasteiger partial charge in [-0.2, -0.15) is 23.3 Å². The van der Waals surface area contributed by atoms with E-state index in [2.05, 4.69) is 54.2 Å². The fourth-order valence-corrected chi connectivity index (χ4v) is 2.32. The average Bonchev–Trinajstić information content (AvgIpc) is 3.18. The van der Waals surface area contributed by atoms with Crippen LogP contribution in [0.2, 0.25) is 0 Å². The van der Waals surface area contributed by atoms with Crippen molar-refractivity contribution in [3.63, 3.8) is 0 Å². The van der Waals surface area contributed by atoms with Gasteiger partial charge in [0.1, 0.15) is 6.33 Å². The van der Waals surface area contributed by atoms with Gasteiger partial charge in [0.25, 0.3) is 0 Å². The van der Waals surface area contributed by atoms with Crippen molar-refractivity contribution in [1.29, 1.82) is 0 Å². The van der Waals surface area contributed by atoms with Crippen LogP contribution >= 0.6 is 0 Å². The van der Waals surface area contributed by atoms with Crippen molar-refractivity contribution >= 4 is 5.57 Å². The number of allylic oxidation sites excluding steroid dienone is 8. The van der Waals surface area contributed by atoms with E-state index in [0.29, 0.717) is 0 Å². The first-order valence-corrected chi connectivity index (χ1v) is 7.61. The second kappa shape index (κ2) is 14.8. The summed E-state index contributed by atoms with van der Waals surface area (Å²) in [6.45, 7) is 4.28. The molecule has 1 aromatic heterocycles. The van der Waals surface area contributed by atoms with E-state index in [-0.39, 0.29) is 51.0 Å². The summed E-state index contributed by atoms with van der Waals surface area (Å²) in [4.78, 5) is 8.09. The Morgan fingerprint density at radius 1 is 1.08 bits per heavy atom. The molecule has 0 spiro atoms. The number of hydrogen-bond acceptors (Lipinski definition) is 2. The van der Waals surface area contributed by atoms with Crippen LogP contribution in [-0.2, 0) is 26.2 Å². The molecule has 0 saturated heterocycles. The minimum absolute atomic E-state index is 0. The van der Waals surface area contributed by atoms with Crippen molar-refractivity contribution in [3.8, 4) is 0 Å². The van der Waals surface area contributed by atoms with Crippen LogP contribution in [0, 0.1) is 12.2 Å². The third-order valence-electron chi connectivity index (χ3n) is 3.46. The molecule has 0 radical (unpaired) electrons. The molecule has 0 saturated carbocycles. The van der Waals surface area contributed by atoms with E-state index in [1.54, 1.807) is 6.33 Å². The Morgan fingerprint density at radius 3 is 2.29 bits per heavy atom. The quantitative estimate of drug-likeness (QED) is 0.555. The molecular weight excluding hydrogens is 418 g/mol. The first-order chi connectivity index (χ1) is 10.3. The zero-order valence-corrected chi connectivity index (χ0v) is 18.1.